The molecule has 0 saturated heterocycles. The standard InChI is InChI=1S/C14H26Si2.C13H22N.C12H20I2Si.C9H12S.C8H10I2.C8H10S.C8H10.C4H9.C3H9ClSi.4C3H8O.CH3I.ClH.I2.Li.2Na.H2S.Ti/c1-15(2,3)13-11-9-7-8-10-12-14-16(4,5)6;1-4-14(5-2,6-3)12-13-10-8-7-9-11-13;1-9(13)10-7-5-6-8-11(10)12(14)15(2,3)4;1-7-9-5-3-2-4-8(9)6-10-7;9-5-7-3-1-2-4-8(7)6-10;1-2-4-8-6-9-5-7(8)3-1;1-3-5-7-8-6-4-2;1-3-4-2;1-5(2,3)4;4*1-3(2)4;1-2;;1-2;;;;;/h7-10H2,1-6H3;7-11H,4-6,12H2,1-3H3;5-8H2,1-4H3;6H,2-5H2,1H3;5-6H,1-4H2;5-6H,1-4H2;1-2H,5-8H2;1,3-4H2,2H3;1-3H3;4*3-4H,1-2H3;1H3;1H;;;;;1H2;/q;+1;;;;;;-1;;;;;;;;;+1;;;;/b;;10-9-,12-11+;;7-5-,8-6-;;;;;;;;;;;;;;;;. The van der Waals surface area contributed by atoms with Crippen LogP contribution in [-0.4, -0.2) is 149 Å². The molecule has 666 valence electrons. The summed E-state index contributed by atoms with van der Waals surface area (Å²) in [7, 11) is -4.53. The van der Waals surface area contributed by atoms with Crippen molar-refractivity contribution in [2.24, 2.45) is 0 Å². The summed E-state index contributed by atoms with van der Waals surface area (Å²) in [5.41, 5.74) is 21.3. The molecule has 0 atom stereocenters. The summed E-state index contributed by atoms with van der Waals surface area (Å²) in [6, 6.07) is 10.8. The van der Waals surface area contributed by atoms with E-state index in [1.54, 1.807) is 108 Å². The van der Waals surface area contributed by atoms with Gasteiger partial charge in [0.1, 0.15) is 30.1 Å². The minimum absolute atomic E-state index is 0. The molecule has 5 nitrogen and oxygen atoms in total. The van der Waals surface area contributed by atoms with Gasteiger partial charge in [-0.2, -0.15) is 42.3 Å². The molecule has 2 saturated carbocycles. The number of fused-ring (bicyclic) bond motifs is 2. The van der Waals surface area contributed by atoms with Crippen LogP contribution in [0, 0.1) is 61.5 Å². The zero-order valence-electron chi connectivity index (χ0n) is 79.6. The Morgan fingerprint density at radius 1 is 0.564 bits per heavy atom. The Balaban J connectivity index is -0.0000000926. The number of allylic oxidation sites excluding steroid dienone is 5. The van der Waals surface area contributed by atoms with Crippen LogP contribution in [0.3, 0.4) is 0 Å². The molecule has 0 bridgehead atoms. The van der Waals surface area contributed by atoms with Gasteiger partial charge in [-0.15, -0.1) is 71.4 Å². The summed E-state index contributed by atoms with van der Waals surface area (Å²) in [6.07, 6.45) is 41.7. The summed E-state index contributed by atoms with van der Waals surface area (Å²) < 4.78 is 8.85. The van der Waals surface area contributed by atoms with E-state index in [4.69, 9.17) is 44.4 Å². The summed E-state index contributed by atoms with van der Waals surface area (Å²) in [5.74, 6) is 11.7. The average molecular weight is 2620 g/mol. The average Bonchev–Trinajstić information content (AvgIpc) is 1.61. The first-order valence-corrected chi connectivity index (χ1v) is 79.6. The van der Waals surface area contributed by atoms with Crippen molar-refractivity contribution in [2.45, 2.75) is 373 Å². The molecule has 2 aromatic heterocycles. The Morgan fingerprint density at radius 3 is 1.15 bits per heavy atom. The van der Waals surface area contributed by atoms with Crippen LogP contribution in [0.25, 0.3) is 0 Å². The first-order valence-electron chi connectivity index (χ1n) is 41.7. The minimum atomic E-state index is -1.14. The third-order valence-corrected chi connectivity index (χ3v) is 28.3. The van der Waals surface area contributed by atoms with Gasteiger partial charge in [-0.25, -0.2) is 0 Å². The Morgan fingerprint density at radius 2 is 0.863 bits per heavy atom. The molecule has 4 aliphatic rings. The van der Waals surface area contributed by atoms with Gasteiger partial charge in [0.25, 0.3) is 0 Å². The number of thiophene rings is 2. The van der Waals surface area contributed by atoms with E-state index in [-0.39, 0.29) is 90.9 Å². The van der Waals surface area contributed by atoms with E-state index in [1.165, 1.54) is 205 Å². The van der Waals surface area contributed by atoms with Crippen LogP contribution in [0.2, 0.25) is 78.6 Å². The molecule has 7 rings (SSSR count). The van der Waals surface area contributed by atoms with Crippen LogP contribution in [0.4, 0.5) is 0 Å². The van der Waals surface area contributed by atoms with Crippen LogP contribution in [0.15, 0.2) is 83.7 Å². The van der Waals surface area contributed by atoms with Crippen LogP contribution >= 0.6 is 210 Å². The van der Waals surface area contributed by atoms with Gasteiger partial charge in [-0.3, -0.25) is 0 Å². The number of unbranched alkanes of at least 4 members (excludes halogenated alkanes) is 7. The van der Waals surface area contributed by atoms with Crippen molar-refractivity contribution in [3.05, 3.63) is 123 Å². The molecule has 3 aromatic rings. The number of terminal acetylenes is 2. The van der Waals surface area contributed by atoms with Crippen molar-refractivity contribution in [2.75, 3.05) is 24.6 Å². The Hall–Kier alpha value is 5.84. The van der Waals surface area contributed by atoms with Gasteiger partial charge in [-0.1, -0.05) is 213 Å². The Bertz CT molecular complexity index is 2890. The first kappa shape index (κ1) is 151. The summed E-state index contributed by atoms with van der Waals surface area (Å²) in [5, 5.41) is 39.2. The molecule has 0 amide bonds. The third-order valence-electron chi connectivity index (χ3n) is 15.3. The second kappa shape index (κ2) is 102. The number of aliphatic hydroxyl groups excluding tert-OH is 4. The number of hydrogen-bond acceptors (Lipinski definition) is 6. The molecule has 0 radical (unpaired) electrons. The smallest absolute Gasteiger partial charge is 0 e. The van der Waals surface area contributed by atoms with Gasteiger partial charge in [0, 0.05) is 119 Å². The molecular weight excluding hydrogens is 2450 g/mol. The van der Waals surface area contributed by atoms with Gasteiger partial charge in [0.15, 0.2) is 0 Å². The van der Waals surface area contributed by atoms with E-state index in [1.807, 2.05) is 27.6 Å². The monoisotopic (exact) mass is 2620 g/mol. The summed E-state index contributed by atoms with van der Waals surface area (Å²) in [6.45, 7) is 63.1. The second-order valence-corrected chi connectivity index (χ2v) is 61.3. The number of benzene rings is 1. The largest absolute Gasteiger partial charge is 0.152 e. The van der Waals surface area contributed by atoms with Crippen LogP contribution in [0.5, 0.6) is 0 Å². The molecule has 0 spiro atoms. The fraction of sp³-hybridized carbons (Fsp3) is 0.663. The van der Waals surface area contributed by atoms with E-state index >= 15 is 0 Å². The van der Waals surface area contributed by atoms with Gasteiger partial charge in [0.2, 0.25) is 0 Å². The van der Waals surface area contributed by atoms with Crippen LogP contribution in [0.1, 0.15) is 264 Å². The maximum Gasteiger partial charge on any atom is 0 e. The zero-order chi connectivity index (χ0) is 89.7. The van der Waals surface area contributed by atoms with Gasteiger partial charge in [-0.05, 0) is 322 Å². The topological polar surface area (TPSA) is 80.9 Å². The van der Waals surface area contributed by atoms with E-state index in [9.17, 15) is 0 Å². The van der Waals surface area contributed by atoms with Crippen molar-refractivity contribution in [3.63, 3.8) is 0 Å². The van der Waals surface area contributed by atoms with Gasteiger partial charge >= 0.3 is 62.5 Å². The first-order chi connectivity index (χ1) is 52.8. The molecule has 4 aliphatic carbocycles. The SMILES string of the molecule is C#CCCCCC#C.C/C(I)=C1\CCCC\C1=C(\I)[Si](C)(C)C.CC(C)O.CC(C)O.CC(C)O.CC(C)O.CC[N+](CC)(CC)Cc1ccccc1.CI.C[Si](C)(C)C#CCCCCC#C[Si](C)(C)C.C[Si](C)(C)Cl.Cc1scc2c1CCCC2.Cl.I/C=C1/CCCC/C1=C/I.II.S.[CH2-]CCC.[Li+].[Na][Na].[Ti].c1scc2c1CCCC2. The number of hydrogen-bond donors (Lipinski definition) is 4. The molecule has 1 aromatic carbocycles. The molecule has 2 fully saturated rings. The molecule has 0 aliphatic heterocycles. The Kier molecular flexibility index (Phi) is 132. The maximum absolute atomic E-state index is 8.06. The quantitative estimate of drug-likeness (QED) is 0.0201. The Labute approximate surface area is 904 Å². The predicted molar refractivity (Wildman–Crippen MR) is 614 cm³/mol. The number of nitrogens with zero attached hydrogens (tertiary/aromatic N) is 1. The van der Waals surface area contributed by atoms with Crippen LogP contribution in [-0.2, 0) is 53.9 Å². The van der Waals surface area contributed by atoms with E-state index in [2.05, 4.69) is 367 Å². The normalized spacial score (nSPS) is 14.0. The van der Waals surface area contributed by atoms with Crippen molar-refractivity contribution < 1.29 is 65.5 Å². The summed E-state index contributed by atoms with van der Waals surface area (Å²) in [4.78, 5) is 3.52. The zero-order valence-corrected chi connectivity index (χ0v) is 109. The molecule has 25 heteroatoms. The maximum atomic E-state index is 8.06. The van der Waals surface area contributed by atoms with Crippen molar-refractivity contribution in [3.8, 4) is 47.6 Å². The van der Waals surface area contributed by atoms with Gasteiger partial charge in [0.05, 0.1) is 27.7 Å². The molecule has 4 N–H and O–H groups in total. The second-order valence-electron chi connectivity index (χ2n) is 32.5. The van der Waals surface area contributed by atoms with Gasteiger partial charge < -0.3 is 31.8 Å². The summed E-state index contributed by atoms with van der Waals surface area (Å²) >= 11 is 28.5. The minimum Gasteiger partial charge on any atom is -0.152 e. The number of aliphatic hydroxyl groups is 4. The van der Waals surface area contributed by atoms with E-state index in [0.29, 0.717) is 0 Å². The molecule has 117 heavy (non-hydrogen) atoms. The number of quaternary nitrogens is 1. The van der Waals surface area contributed by atoms with Crippen molar-refractivity contribution in [1.82, 2.24) is 0 Å². The van der Waals surface area contributed by atoms with E-state index < -0.39 is 31.6 Å². The predicted octanol–water partition coefficient (Wildman–Crippen LogP) is 29.6. The molecule has 2 heterocycles. The molecular formula is C92H166Cl2I7LiNNa2O4S3Si4Ti+. The van der Waals surface area contributed by atoms with Crippen LogP contribution < -0.4 is 18.9 Å². The fourth-order valence-electron chi connectivity index (χ4n) is 9.81. The third kappa shape index (κ3) is 114. The molecule has 0 unspecified atom stereocenters. The number of halogens is 9. The number of alkyl halides is 1. The fourth-order valence-corrected chi connectivity index (χ4v) is 16.8. The number of rotatable bonds is 13. The van der Waals surface area contributed by atoms with E-state index in [0.717, 1.165) is 44.9 Å². The van der Waals surface area contributed by atoms with Crippen molar-refractivity contribution >= 4 is 285 Å². The number of aryl methyl sites for hydroxylation is 4. The van der Waals surface area contributed by atoms with Crippen molar-refractivity contribution in [1.29, 1.82) is 0 Å².